The van der Waals surface area contributed by atoms with Gasteiger partial charge in [0.2, 0.25) is 0 Å². The number of carboxylic acids is 1. The summed E-state index contributed by atoms with van der Waals surface area (Å²) in [5.41, 5.74) is 0.764. The summed E-state index contributed by atoms with van der Waals surface area (Å²) in [6, 6.07) is 4.70. The lowest BCUT2D eigenvalue weighted by molar-refractivity contribution is -0.136. The maximum absolute atomic E-state index is 14.0. The minimum Gasteiger partial charge on any atom is -0.481 e. The molecule has 0 aromatic carbocycles. The zero-order valence-electron chi connectivity index (χ0n) is 8.80. The van der Waals surface area contributed by atoms with E-state index < -0.39 is 11.8 Å². The zero-order chi connectivity index (χ0) is 12.3. The van der Waals surface area contributed by atoms with Gasteiger partial charge in [0.25, 0.3) is 0 Å². The van der Waals surface area contributed by atoms with Crippen LogP contribution in [0.1, 0.15) is 5.56 Å². The smallest absolute Gasteiger partial charge is 0.307 e. The molecule has 0 bridgehead atoms. The molecule has 0 fully saturated rings. The van der Waals surface area contributed by atoms with Gasteiger partial charge in [-0.2, -0.15) is 0 Å². The molecule has 0 aliphatic rings. The van der Waals surface area contributed by atoms with Crippen LogP contribution in [0.15, 0.2) is 36.8 Å². The second kappa shape index (κ2) is 4.69. The van der Waals surface area contributed by atoms with E-state index in [0.29, 0.717) is 5.56 Å². The zero-order valence-corrected chi connectivity index (χ0v) is 8.80. The molecule has 0 aliphatic carbocycles. The standard InChI is InChI=1S/C12H9FN2O2/c13-11-8(6-10(16)17)3-5-15-12(11)9-2-1-4-14-7-9/h1-5,7H,6H2,(H,16,17). The van der Waals surface area contributed by atoms with Gasteiger partial charge in [-0.05, 0) is 18.2 Å². The molecule has 0 saturated heterocycles. The van der Waals surface area contributed by atoms with E-state index in [1.807, 2.05) is 0 Å². The van der Waals surface area contributed by atoms with Crippen LogP contribution in [0, 0.1) is 5.82 Å². The van der Waals surface area contributed by atoms with E-state index in [9.17, 15) is 9.18 Å². The first-order chi connectivity index (χ1) is 8.18. The molecule has 17 heavy (non-hydrogen) atoms. The van der Waals surface area contributed by atoms with Crippen LogP contribution in [0.3, 0.4) is 0 Å². The summed E-state index contributed by atoms with van der Waals surface area (Å²) in [6.45, 7) is 0. The van der Waals surface area contributed by atoms with Crippen molar-refractivity contribution in [2.75, 3.05) is 0 Å². The molecule has 0 spiro atoms. The number of carboxylic acid groups (broad SMARTS) is 1. The van der Waals surface area contributed by atoms with Crippen LogP contribution in [0.4, 0.5) is 4.39 Å². The number of hydrogen-bond donors (Lipinski definition) is 1. The van der Waals surface area contributed by atoms with Crippen molar-refractivity contribution >= 4 is 5.97 Å². The Balaban J connectivity index is 2.46. The van der Waals surface area contributed by atoms with Crippen LogP contribution in [0.25, 0.3) is 11.3 Å². The summed E-state index contributed by atoms with van der Waals surface area (Å²) in [7, 11) is 0. The van der Waals surface area contributed by atoms with Gasteiger partial charge in [0.05, 0.1) is 6.42 Å². The molecule has 5 heteroatoms. The molecule has 86 valence electrons. The largest absolute Gasteiger partial charge is 0.481 e. The summed E-state index contributed by atoms with van der Waals surface area (Å²) in [5.74, 6) is -1.69. The Morgan fingerprint density at radius 1 is 1.35 bits per heavy atom. The van der Waals surface area contributed by atoms with Crippen LogP contribution in [0.2, 0.25) is 0 Å². The summed E-state index contributed by atoms with van der Waals surface area (Å²) < 4.78 is 14.0. The Bertz CT molecular complexity index is 543. The third-order valence-electron chi connectivity index (χ3n) is 2.25. The van der Waals surface area contributed by atoms with Crippen LogP contribution in [0.5, 0.6) is 0 Å². The quantitative estimate of drug-likeness (QED) is 0.877. The van der Waals surface area contributed by atoms with Crippen molar-refractivity contribution in [1.82, 2.24) is 9.97 Å². The predicted molar refractivity (Wildman–Crippen MR) is 58.8 cm³/mol. The summed E-state index contributed by atoms with van der Waals surface area (Å²) >= 11 is 0. The summed E-state index contributed by atoms with van der Waals surface area (Å²) in [5, 5.41) is 8.65. The van der Waals surface area contributed by atoms with Gasteiger partial charge in [-0.25, -0.2) is 4.39 Å². The van der Waals surface area contributed by atoms with E-state index in [-0.39, 0.29) is 17.7 Å². The monoisotopic (exact) mass is 232 g/mol. The molecule has 0 atom stereocenters. The lowest BCUT2D eigenvalue weighted by Crippen LogP contribution is -2.04. The number of nitrogens with zero attached hydrogens (tertiary/aromatic N) is 2. The fourth-order valence-electron chi connectivity index (χ4n) is 1.49. The van der Waals surface area contributed by atoms with Gasteiger partial charge < -0.3 is 5.11 Å². The number of carbonyl (C=O) groups is 1. The Labute approximate surface area is 96.8 Å². The SMILES string of the molecule is O=C(O)Cc1ccnc(-c2cccnc2)c1F. The van der Waals surface area contributed by atoms with Gasteiger partial charge in [0.1, 0.15) is 5.69 Å². The van der Waals surface area contributed by atoms with Crippen LogP contribution in [-0.4, -0.2) is 21.0 Å². The van der Waals surface area contributed by atoms with Crippen LogP contribution >= 0.6 is 0 Å². The first-order valence-corrected chi connectivity index (χ1v) is 4.94. The van der Waals surface area contributed by atoms with Gasteiger partial charge in [0.15, 0.2) is 5.82 Å². The maximum Gasteiger partial charge on any atom is 0.307 e. The average Bonchev–Trinajstić information content (AvgIpc) is 2.32. The highest BCUT2D eigenvalue weighted by molar-refractivity contribution is 5.71. The highest BCUT2D eigenvalue weighted by atomic mass is 19.1. The molecular weight excluding hydrogens is 223 g/mol. The van der Waals surface area contributed by atoms with Gasteiger partial charge in [-0.3, -0.25) is 14.8 Å². The third kappa shape index (κ3) is 2.44. The summed E-state index contributed by atoms with van der Waals surface area (Å²) in [4.78, 5) is 18.3. The number of rotatable bonds is 3. The summed E-state index contributed by atoms with van der Waals surface area (Å²) in [6.07, 6.45) is 4.09. The van der Waals surface area contributed by atoms with Crippen molar-refractivity contribution in [3.8, 4) is 11.3 Å². The fraction of sp³-hybridized carbons (Fsp3) is 0.0833. The Morgan fingerprint density at radius 2 is 2.18 bits per heavy atom. The molecule has 2 aromatic rings. The van der Waals surface area contributed by atoms with E-state index >= 15 is 0 Å². The second-order valence-electron chi connectivity index (χ2n) is 3.44. The Kier molecular flexibility index (Phi) is 3.09. The minimum atomic E-state index is -1.08. The molecule has 0 amide bonds. The highest BCUT2D eigenvalue weighted by Crippen LogP contribution is 2.21. The molecule has 4 nitrogen and oxygen atoms in total. The number of halogens is 1. The molecule has 2 aromatic heterocycles. The molecule has 2 heterocycles. The first-order valence-electron chi connectivity index (χ1n) is 4.94. The van der Waals surface area contributed by atoms with Crippen molar-refractivity contribution in [3.05, 3.63) is 48.2 Å². The molecule has 0 aliphatic heterocycles. The van der Waals surface area contributed by atoms with E-state index in [2.05, 4.69) is 9.97 Å². The van der Waals surface area contributed by atoms with Crippen molar-refractivity contribution in [2.45, 2.75) is 6.42 Å². The van der Waals surface area contributed by atoms with Crippen molar-refractivity contribution < 1.29 is 14.3 Å². The maximum atomic E-state index is 14.0. The molecule has 2 rings (SSSR count). The van der Waals surface area contributed by atoms with E-state index in [1.165, 1.54) is 18.5 Å². The topological polar surface area (TPSA) is 63.1 Å². The Hall–Kier alpha value is -2.30. The van der Waals surface area contributed by atoms with Gasteiger partial charge in [-0.1, -0.05) is 0 Å². The molecule has 0 unspecified atom stereocenters. The normalized spacial score (nSPS) is 10.2. The second-order valence-corrected chi connectivity index (χ2v) is 3.44. The Morgan fingerprint density at radius 3 is 2.82 bits per heavy atom. The number of hydrogen-bond acceptors (Lipinski definition) is 3. The number of aliphatic carboxylic acids is 1. The fourth-order valence-corrected chi connectivity index (χ4v) is 1.49. The lowest BCUT2D eigenvalue weighted by atomic mass is 10.1. The number of aromatic nitrogens is 2. The van der Waals surface area contributed by atoms with Crippen LogP contribution in [-0.2, 0) is 11.2 Å². The van der Waals surface area contributed by atoms with Crippen molar-refractivity contribution in [3.63, 3.8) is 0 Å². The van der Waals surface area contributed by atoms with Crippen LogP contribution < -0.4 is 0 Å². The van der Waals surface area contributed by atoms with E-state index in [4.69, 9.17) is 5.11 Å². The van der Waals surface area contributed by atoms with Crippen molar-refractivity contribution in [1.29, 1.82) is 0 Å². The van der Waals surface area contributed by atoms with E-state index in [0.717, 1.165) is 0 Å². The predicted octanol–water partition coefficient (Wildman–Crippen LogP) is 1.91. The van der Waals surface area contributed by atoms with E-state index in [1.54, 1.807) is 18.3 Å². The first kappa shape index (κ1) is 11.2. The average molecular weight is 232 g/mol. The van der Waals surface area contributed by atoms with Gasteiger partial charge in [0, 0.05) is 29.7 Å². The molecule has 0 radical (unpaired) electrons. The minimum absolute atomic E-state index is 0.117. The lowest BCUT2D eigenvalue weighted by Gasteiger charge is -2.05. The van der Waals surface area contributed by atoms with Gasteiger partial charge >= 0.3 is 5.97 Å². The molecular formula is C12H9FN2O2. The highest BCUT2D eigenvalue weighted by Gasteiger charge is 2.13. The molecule has 0 saturated carbocycles. The van der Waals surface area contributed by atoms with Gasteiger partial charge in [-0.15, -0.1) is 0 Å². The number of pyridine rings is 2. The molecule has 1 N–H and O–H groups in total. The van der Waals surface area contributed by atoms with Crippen molar-refractivity contribution in [2.24, 2.45) is 0 Å². The third-order valence-corrected chi connectivity index (χ3v) is 2.25.